The molecule has 2 aromatic rings. The molecule has 2 heterocycles. The summed E-state index contributed by atoms with van der Waals surface area (Å²) in [6.07, 6.45) is 3.46. The minimum atomic E-state index is -3.60. The van der Waals surface area contributed by atoms with Crippen LogP contribution in [0, 0.1) is 5.82 Å². The molecule has 0 unspecified atom stereocenters. The van der Waals surface area contributed by atoms with E-state index in [1.807, 2.05) is 4.90 Å². The Bertz CT molecular complexity index is 1010. The van der Waals surface area contributed by atoms with E-state index in [0.717, 1.165) is 0 Å². The molecule has 0 bridgehead atoms. The maximum absolute atomic E-state index is 13.3. The number of rotatable bonds is 7. The number of amides is 2. The molecule has 0 saturated carbocycles. The standard InChI is InChI=1S/C21H29FN6O3S/c1-4-13-32(30,31)28(16-17-5-7-18(22)8-6-17)19-14-23-20(24-15-19)26-9-11-27(12-10-26)21(29)25(2)3/h5-8,14-15H,4,9-13,16H2,1-3H3. The first kappa shape index (κ1) is 23.7. The Hall–Kier alpha value is -2.95. The van der Waals surface area contributed by atoms with E-state index in [9.17, 15) is 17.6 Å². The van der Waals surface area contributed by atoms with Crippen LogP contribution in [0.5, 0.6) is 0 Å². The van der Waals surface area contributed by atoms with Crippen LogP contribution >= 0.6 is 0 Å². The molecule has 1 aliphatic rings. The molecule has 1 fully saturated rings. The van der Waals surface area contributed by atoms with Crippen molar-refractivity contribution in [3.8, 4) is 0 Å². The molecule has 32 heavy (non-hydrogen) atoms. The fraction of sp³-hybridized carbons (Fsp3) is 0.476. The number of carbonyl (C=O) groups is 1. The number of benzene rings is 1. The van der Waals surface area contributed by atoms with Crippen molar-refractivity contribution in [3.05, 3.63) is 48.0 Å². The van der Waals surface area contributed by atoms with Crippen LogP contribution < -0.4 is 9.21 Å². The quantitative estimate of drug-likeness (QED) is 0.624. The minimum Gasteiger partial charge on any atom is -0.337 e. The van der Waals surface area contributed by atoms with Crippen LogP contribution in [0.4, 0.5) is 20.8 Å². The van der Waals surface area contributed by atoms with Gasteiger partial charge in [-0.05, 0) is 24.1 Å². The molecule has 3 rings (SSSR count). The Labute approximate surface area is 188 Å². The molecule has 9 nitrogen and oxygen atoms in total. The van der Waals surface area contributed by atoms with Gasteiger partial charge < -0.3 is 14.7 Å². The van der Waals surface area contributed by atoms with E-state index in [1.54, 1.807) is 43.0 Å². The van der Waals surface area contributed by atoms with Gasteiger partial charge >= 0.3 is 6.03 Å². The van der Waals surface area contributed by atoms with E-state index in [1.165, 1.54) is 28.8 Å². The second kappa shape index (κ2) is 10.1. The number of halogens is 1. The molecule has 1 aromatic carbocycles. The molecule has 1 aromatic heterocycles. The monoisotopic (exact) mass is 464 g/mol. The zero-order valence-electron chi connectivity index (χ0n) is 18.6. The fourth-order valence-electron chi connectivity index (χ4n) is 3.46. The molecule has 11 heteroatoms. The van der Waals surface area contributed by atoms with Crippen LogP contribution in [-0.2, 0) is 16.6 Å². The van der Waals surface area contributed by atoms with Gasteiger partial charge in [-0.2, -0.15) is 0 Å². The van der Waals surface area contributed by atoms with Crippen molar-refractivity contribution in [2.24, 2.45) is 0 Å². The number of urea groups is 1. The summed E-state index contributed by atoms with van der Waals surface area (Å²) >= 11 is 0. The first-order valence-electron chi connectivity index (χ1n) is 10.5. The van der Waals surface area contributed by atoms with E-state index >= 15 is 0 Å². The van der Waals surface area contributed by atoms with Crippen LogP contribution in [0.2, 0.25) is 0 Å². The SMILES string of the molecule is CCCS(=O)(=O)N(Cc1ccc(F)cc1)c1cnc(N2CCN(C(=O)N(C)C)CC2)nc1. The van der Waals surface area contributed by atoms with Gasteiger partial charge in [0.05, 0.1) is 30.4 Å². The highest BCUT2D eigenvalue weighted by atomic mass is 32.2. The van der Waals surface area contributed by atoms with Gasteiger partial charge in [-0.1, -0.05) is 19.1 Å². The van der Waals surface area contributed by atoms with Crippen LogP contribution in [0.1, 0.15) is 18.9 Å². The van der Waals surface area contributed by atoms with Gasteiger partial charge in [0, 0.05) is 40.3 Å². The van der Waals surface area contributed by atoms with Crippen molar-refractivity contribution in [2.75, 3.05) is 55.2 Å². The summed E-state index contributed by atoms with van der Waals surface area (Å²) in [7, 11) is -0.153. The highest BCUT2D eigenvalue weighted by Crippen LogP contribution is 2.22. The summed E-state index contributed by atoms with van der Waals surface area (Å²) < 4.78 is 40.3. The zero-order valence-corrected chi connectivity index (χ0v) is 19.4. The lowest BCUT2D eigenvalue weighted by Gasteiger charge is -2.36. The Morgan fingerprint density at radius 3 is 2.19 bits per heavy atom. The van der Waals surface area contributed by atoms with Crippen LogP contribution in [-0.4, -0.2) is 80.2 Å². The number of anilines is 2. The molecular weight excluding hydrogens is 435 g/mol. The average molecular weight is 465 g/mol. The number of aromatic nitrogens is 2. The molecule has 0 radical (unpaired) electrons. The second-order valence-corrected chi connectivity index (χ2v) is 9.85. The van der Waals surface area contributed by atoms with E-state index < -0.39 is 10.0 Å². The largest absolute Gasteiger partial charge is 0.337 e. The Morgan fingerprint density at radius 2 is 1.66 bits per heavy atom. The molecular formula is C21H29FN6O3S. The van der Waals surface area contributed by atoms with Gasteiger partial charge in [-0.3, -0.25) is 4.31 Å². The van der Waals surface area contributed by atoms with Gasteiger partial charge in [-0.25, -0.2) is 27.6 Å². The van der Waals surface area contributed by atoms with Crippen molar-refractivity contribution in [3.63, 3.8) is 0 Å². The van der Waals surface area contributed by atoms with Gasteiger partial charge in [0.25, 0.3) is 0 Å². The lowest BCUT2D eigenvalue weighted by atomic mass is 10.2. The van der Waals surface area contributed by atoms with Gasteiger partial charge in [0.1, 0.15) is 5.82 Å². The highest BCUT2D eigenvalue weighted by molar-refractivity contribution is 7.92. The molecule has 0 atom stereocenters. The highest BCUT2D eigenvalue weighted by Gasteiger charge is 2.25. The van der Waals surface area contributed by atoms with Gasteiger partial charge in [-0.15, -0.1) is 0 Å². The number of hydrogen-bond donors (Lipinski definition) is 0. The topological polar surface area (TPSA) is 90.0 Å². The first-order chi connectivity index (χ1) is 15.2. The van der Waals surface area contributed by atoms with Crippen molar-refractivity contribution in [1.29, 1.82) is 0 Å². The Kier molecular flexibility index (Phi) is 7.49. The maximum atomic E-state index is 13.3. The summed E-state index contributed by atoms with van der Waals surface area (Å²) in [4.78, 5) is 26.2. The van der Waals surface area contributed by atoms with Crippen LogP contribution in [0.3, 0.4) is 0 Å². The predicted molar refractivity (Wildman–Crippen MR) is 122 cm³/mol. The van der Waals surface area contributed by atoms with E-state index in [-0.39, 0.29) is 24.1 Å². The fourth-order valence-corrected chi connectivity index (χ4v) is 4.96. The summed E-state index contributed by atoms with van der Waals surface area (Å²) in [5, 5.41) is 0. The smallest absolute Gasteiger partial charge is 0.319 e. The normalized spacial score (nSPS) is 14.4. The van der Waals surface area contributed by atoms with E-state index in [4.69, 9.17) is 0 Å². The molecule has 0 aliphatic carbocycles. The third-order valence-electron chi connectivity index (χ3n) is 5.17. The predicted octanol–water partition coefficient (Wildman–Crippen LogP) is 2.17. The lowest BCUT2D eigenvalue weighted by Crippen LogP contribution is -2.51. The number of carbonyl (C=O) groups excluding carboxylic acids is 1. The maximum Gasteiger partial charge on any atom is 0.319 e. The van der Waals surface area contributed by atoms with Crippen molar-refractivity contribution in [1.82, 2.24) is 19.8 Å². The van der Waals surface area contributed by atoms with Crippen molar-refractivity contribution < 1.29 is 17.6 Å². The summed E-state index contributed by atoms with van der Waals surface area (Å²) in [6, 6.07) is 5.71. The number of sulfonamides is 1. The molecule has 1 saturated heterocycles. The molecule has 1 aliphatic heterocycles. The summed E-state index contributed by atoms with van der Waals surface area (Å²) in [5.41, 5.74) is 1.02. The van der Waals surface area contributed by atoms with Crippen molar-refractivity contribution >= 4 is 27.7 Å². The Balaban J connectivity index is 1.76. The van der Waals surface area contributed by atoms with E-state index in [2.05, 4.69) is 9.97 Å². The summed E-state index contributed by atoms with van der Waals surface area (Å²) in [6.45, 7) is 4.16. The number of piperazine rings is 1. The van der Waals surface area contributed by atoms with E-state index in [0.29, 0.717) is 49.8 Å². The first-order valence-corrected chi connectivity index (χ1v) is 12.1. The average Bonchev–Trinajstić information content (AvgIpc) is 2.78. The van der Waals surface area contributed by atoms with Gasteiger partial charge in [0.15, 0.2) is 0 Å². The van der Waals surface area contributed by atoms with Crippen LogP contribution in [0.15, 0.2) is 36.7 Å². The zero-order chi connectivity index (χ0) is 23.3. The third-order valence-corrected chi connectivity index (χ3v) is 7.10. The number of nitrogens with zero attached hydrogens (tertiary/aromatic N) is 6. The van der Waals surface area contributed by atoms with Gasteiger partial charge in [0.2, 0.25) is 16.0 Å². The van der Waals surface area contributed by atoms with Crippen molar-refractivity contribution in [2.45, 2.75) is 19.9 Å². The molecule has 174 valence electrons. The molecule has 0 N–H and O–H groups in total. The Morgan fingerprint density at radius 1 is 1.06 bits per heavy atom. The minimum absolute atomic E-state index is 0.0161. The molecule has 2 amide bonds. The van der Waals surface area contributed by atoms with Crippen LogP contribution in [0.25, 0.3) is 0 Å². The summed E-state index contributed by atoms with van der Waals surface area (Å²) in [5.74, 6) is 0.0924. The molecule has 0 spiro atoms. The lowest BCUT2D eigenvalue weighted by molar-refractivity contribution is 0.167. The number of hydrogen-bond acceptors (Lipinski definition) is 6. The second-order valence-electron chi connectivity index (χ2n) is 7.84. The third kappa shape index (κ3) is 5.64.